The second kappa shape index (κ2) is 4.28. The number of rotatable bonds is 2. The van der Waals surface area contributed by atoms with Crippen molar-refractivity contribution in [2.75, 3.05) is 0 Å². The van der Waals surface area contributed by atoms with E-state index in [0.717, 1.165) is 5.56 Å². The predicted octanol–water partition coefficient (Wildman–Crippen LogP) is 2.97. The van der Waals surface area contributed by atoms with Crippen LogP contribution < -0.4 is 0 Å². The molecule has 2 amide bonds. The summed E-state index contributed by atoms with van der Waals surface area (Å²) in [5, 5.41) is -0.118. The van der Waals surface area contributed by atoms with Gasteiger partial charge in [-0.25, -0.2) is 0 Å². The molecular formula is C14H13NO2S. The van der Waals surface area contributed by atoms with E-state index in [9.17, 15) is 9.59 Å². The highest BCUT2D eigenvalue weighted by molar-refractivity contribution is 8.16. The molecule has 1 aliphatic heterocycles. The second-order valence-electron chi connectivity index (χ2n) is 4.62. The van der Waals surface area contributed by atoms with Crippen molar-refractivity contribution in [1.82, 2.24) is 4.90 Å². The van der Waals surface area contributed by atoms with E-state index in [1.54, 1.807) is 0 Å². The summed E-state index contributed by atoms with van der Waals surface area (Å²) in [6.07, 6.45) is 5.33. The van der Waals surface area contributed by atoms with Crippen LogP contribution in [-0.4, -0.2) is 20.8 Å². The van der Waals surface area contributed by atoms with Gasteiger partial charge in [0.2, 0.25) is 5.91 Å². The maximum Gasteiger partial charge on any atom is 0.289 e. The van der Waals surface area contributed by atoms with Gasteiger partial charge in [0.05, 0.1) is 6.54 Å². The lowest BCUT2D eigenvalue weighted by atomic mass is 10.0. The number of hydrogen-bond donors (Lipinski definition) is 0. The van der Waals surface area contributed by atoms with Crippen LogP contribution in [0.1, 0.15) is 18.4 Å². The van der Waals surface area contributed by atoms with Crippen molar-refractivity contribution < 1.29 is 9.59 Å². The van der Waals surface area contributed by atoms with Crippen molar-refractivity contribution in [3.8, 4) is 0 Å². The molecule has 3 rings (SSSR count). The fourth-order valence-corrected chi connectivity index (χ4v) is 3.53. The molecule has 1 spiro atoms. The van der Waals surface area contributed by atoms with Crippen LogP contribution in [0.15, 0.2) is 42.5 Å². The zero-order valence-electron chi connectivity index (χ0n) is 9.83. The van der Waals surface area contributed by atoms with Gasteiger partial charge < -0.3 is 0 Å². The van der Waals surface area contributed by atoms with Crippen molar-refractivity contribution in [1.29, 1.82) is 0 Å². The number of carbonyl (C=O) groups is 2. The first-order valence-electron chi connectivity index (χ1n) is 5.95. The van der Waals surface area contributed by atoms with Crippen LogP contribution >= 0.6 is 11.8 Å². The number of thioether (sulfide) groups is 1. The lowest BCUT2D eigenvalue weighted by Gasteiger charge is -2.19. The van der Waals surface area contributed by atoms with E-state index in [0.29, 0.717) is 19.4 Å². The molecule has 18 heavy (non-hydrogen) atoms. The Hall–Kier alpha value is -1.55. The summed E-state index contributed by atoms with van der Waals surface area (Å²) < 4.78 is -0.536. The zero-order chi connectivity index (χ0) is 12.6. The number of allylic oxidation sites excluding steroid dienone is 2. The standard InChI is InChI=1S/C14H13NO2S/c16-12-14(8-4-5-9-14)18-13(17)15(12)10-11-6-2-1-3-7-11/h1-7H,8-10H2. The maximum absolute atomic E-state index is 12.4. The molecule has 1 aliphatic carbocycles. The normalized spacial score (nSPS) is 21.2. The molecule has 2 aliphatic rings. The van der Waals surface area contributed by atoms with Gasteiger partial charge in [-0.2, -0.15) is 0 Å². The van der Waals surface area contributed by atoms with Crippen LogP contribution in [0, 0.1) is 0 Å². The van der Waals surface area contributed by atoms with Gasteiger partial charge in [0.1, 0.15) is 4.75 Å². The molecule has 1 saturated heterocycles. The summed E-state index contributed by atoms with van der Waals surface area (Å²) in [4.78, 5) is 25.8. The molecule has 1 aromatic carbocycles. The van der Waals surface area contributed by atoms with Gasteiger partial charge in [0.25, 0.3) is 5.24 Å². The fourth-order valence-electron chi connectivity index (χ4n) is 2.39. The van der Waals surface area contributed by atoms with E-state index in [-0.39, 0.29) is 11.1 Å². The largest absolute Gasteiger partial charge is 0.289 e. The Kier molecular flexibility index (Phi) is 2.74. The Balaban J connectivity index is 1.81. The first-order chi connectivity index (χ1) is 8.71. The van der Waals surface area contributed by atoms with Gasteiger partial charge in [-0.1, -0.05) is 42.5 Å². The molecule has 0 aromatic heterocycles. The van der Waals surface area contributed by atoms with Crippen LogP contribution in [0.2, 0.25) is 0 Å². The Bertz CT molecular complexity index is 516. The highest BCUT2D eigenvalue weighted by Crippen LogP contribution is 2.46. The van der Waals surface area contributed by atoms with Gasteiger partial charge in [0.15, 0.2) is 0 Å². The molecule has 0 atom stereocenters. The summed E-state index contributed by atoms with van der Waals surface area (Å²) >= 11 is 1.19. The van der Waals surface area contributed by atoms with Crippen LogP contribution in [0.3, 0.4) is 0 Å². The molecule has 92 valence electrons. The quantitative estimate of drug-likeness (QED) is 0.766. The van der Waals surface area contributed by atoms with Gasteiger partial charge in [-0.15, -0.1) is 0 Å². The SMILES string of the molecule is O=C1SC2(CC=CC2)C(=O)N1Cc1ccccc1. The van der Waals surface area contributed by atoms with Crippen LogP contribution in [0.25, 0.3) is 0 Å². The van der Waals surface area contributed by atoms with Crippen molar-refractivity contribution >= 4 is 22.9 Å². The Morgan fingerprint density at radius 2 is 1.78 bits per heavy atom. The highest BCUT2D eigenvalue weighted by Gasteiger charge is 2.52. The van der Waals surface area contributed by atoms with Gasteiger partial charge >= 0.3 is 0 Å². The monoisotopic (exact) mass is 259 g/mol. The summed E-state index contributed by atoms with van der Waals surface area (Å²) in [5.41, 5.74) is 0.989. The fraction of sp³-hybridized carbons (Fsp3) is 0.286. The molecule has 1 heterocycles. The number of benzene rings is 1. The molecule has 0 saturated carbocycles. The predicted molar refractivity (Wildman–Crippen MR) is 71.1 cm³/mol. The van der Waals surface area contributed by atoms with Crippen molar-refractivity contribution in [2.24, 2.45) is 0 Å². The molecule has 0 N–H and O–H groups in total. The Morgan fingerprint density at radius 1 is 1.11 bits per heavy atom. The summed E-state index contributed by atoms with van der Waals surface area (Å²) in [5.74, 6) is -0.0358. The van der Waals surface area contributed by atoms with Crippen molar-refractivity contribution in [3.63, 3.8) is 0 Å². The van der Waals surface area contributed by atoms with E-state index in [2.05, 4.69) is 0 Å². The van der Waals surface area contributed by atoms with Crippen LogP contribution in [0.5, 0.6) is 0 Å². The molecule has 0 unspecified atom stereocenters. The molecular weight excluding hydrogens is 246 g/mol. The minimum Gasteiger partial charge on any atom is -0.273 e. The van der Waals surface area contributed by atoms with E-state index in [1.165, 1.54) is 16.7 Å². The van der Waals surface area contributed by atoms with Crippen LogP contribution in [0.4, 0.5) is 4.79 Å². The third-order valence-corrected chi connectivity index (χ3v) is 4.68. The van der Waals surface area contributed by atoms with E-state index < -0.39 is 4.75 Å². The molecule has 0 radical (unpaired) electrons. The first kappa shape index (κ1) is 11.5. The lowest BCUT2D eigenvalue weighted by Crippen LogP contribution is -2.37. The Morgan fingerprint density at radius 3 is 2.44 bits per heavy atom. The van der Waals surface area contributed by atoms with Gasteiger partial charge in [-0.3, -0.25) is 14.5 Å². The molecule has 0 bridgehead atoms. The molecule has 1 aromatic rings. The van der Waals surface area contributed by atoms with E-state index >= 15 is 0 Å². The number of amides is 2. The van der Waals surface area contributed by atoms with Crippen molar-refractivity contribution in [3.05, 3.63) is 48.0 Å². The smallest absolute Gasteiger partial charge is 0.273 e. The third-order valence-electron chi connectivity index (χ3n) is 3.38. The number of hydrogen-bond acceptors (Lipinski definition) is 3. The molecule has 1 fully saturated rings. The topological polar surface area (TPSA) is 37.4 Å². The number of carbonyl (C=O) groups excluding carboxylic acids is 2. The minimum absolute atomic E-state index is 0.0358. The average molecular weight is 259 g/mol. The summed E-state index contributed by atoms with van der Waals surface area (Å²) in [6, 6.07) is 9.63. The number of imide groups is 1. The summed E-state index contributed by atoms with van der Waals surface area (Å²) in [7, 11) is 0. The van der Waals surface area contributed by atoms with Crippen LogP contribution in [-0.2, 0) is 11.3 Å². The van der Waals surface area contributed by atoms with Gasteiger partial charge in [0, 0.05) is 0 Å². The summed E-state index contributed by atoms with van der Waals surface area (Å²) in [6.45, 7) is 0.382. The third kappa shape index (κ3) is 1.77. The van der Waals surface area contributed by atoms with E-state index in [1.807, 2.05) is 42.5 Å². The zero-order valence-corrected chi connectivity index (χ0v) is 10.7. The second-order valence-corrected chi connectivity index (χ2v) is 5.95. The molecule has 4 heteroatoms. The number of nitrogens with zero attached hydrogens (tertiary/aromatic N) is 1. The minimum atomic E-state index is -0.536. The first-order valence-corrected chi connectivity index (χ1v) is 6.77. The maximum atomic E-state index is 12.4. The highest BCUT2D eigenvalue weighted by atomic mass is 32.2. The average Bonchev–Trinajstić information content (AvgIpc) is 2.93. The van der Waals surface area contributed by atoms with E-state index in [4.69, 9.17) is 0 Å². The van der Waals surface area contributed by atoms with Gasteiger partial charge in [-0.05, 0) is 30.2 Å². The Labute approximate surface area is 110 Å². The lowest BCUT2D eigenvalue weighted by molar-refractivity contribution is -0.129. The molecule has 3 nitrogen and oxygen atoms in total. The van der Waals surface area contributed by atoms with Crippen molar-refractivity contribution in [2.45, 2.75) is 24.1 Å².